The first kappa shape index (κ1) is 12.8. The molecule has 2 rings (SSSR count). The number of aromatic nitrogens is 2. The number of nitrogens with one attached hydrogen (secondary N) is 1. The molecule has 1 aromatic heterocycles. The maximum Gasteiger partial charge on any atom is 0.253 e. The lowest BCUT2D eigenvalue weighted by atomic mass is 10.3. The molecule has 0 atom stereocenters. The van der Waals surface area contributed by atoms with Gasteiger partial charge in [0.25, 0.3) is 5.95 Å². The fourth-order valence-electron chi connectivity index (χ4n) is 1.62. The SMILES string of the molecule is Cc1cc(C)nc(/N=C(/N)Nc2cccc(O)c2)n1. The van der Waals surface area contributed by atoms with Crippen molar-refractivity contribution in [3.05, 3.63) is 41.7 Å². The lowest BCUT2D eigenvalue weighted by Crippen LogP contribution is -2.22. The fraction of sp³-hybridized carbons (Fsp3) is 0.154. The molecule has 0 unspecified atom stereocenters. The van der Waals surface area contributed by atoms with Crippen molar-refractivity contribution in [2.75, 3.05) is 5.32 Å². The second kappa shape index (κ2) is 5.34. The molecule has 0 radical (unpaired) electrons. The first-order valence-corrected chi connectivity index (χ1v) is 5.75. The lowest BCUT2D eigenvalue weighted by Gasteiger charge is -2.05. The molecule has 0 saturated carbocycles. The zero-order chi connectivity index (χ0) is 13.8. The van der Waals surface area contributed by atoms with Crippen LogP contribution in [-0.2, 0) is 0 Å². The summed E-state index contributed by atoms with van der Waals surface area (Å²) in [5.74, 6) is 0.624. The second-order valence-electron chi connectivity index (χ2n) is 4.12. The van der Waals surface area contributed by atoms with Gasteiger partial charge in [-0.05, 0) is 32.0 Å². The van der Waals surface area contributed by atoms with Gasteiger partial charge in [-0.25, -0.2) is 9.97 Å². The molecule has 0 aliphatic rings. The highest BCUT2D eigenvalue weighted by Crippen LogP contribution is 2.15. The Morgan fingerprint density at radius 3 is 2.53 bits per heavy atom. The third-order valence-electron chi connectivity index (χ3n) is 2.31. The van der Waals surface area contributed by atoms with E-state index >= 15 is 0 Å². The van der Waals surface area contributed by atoms with Crippen LogP contribution < -0.4 is 11.1 Å². The number of phenols is 1. The van der Waals surface area contributed by atoms with Crippen LogP contribution in [0.2, 0.25) is 0 Å². The van der Waals surface area contributed by atoms with E-state index in [4.69, 9.17) is 5.73 Å². The van der Waals surface area contributed by atoms with Gasteiger partial charge in [0.1, 0.15) is 5.75 Å². The van der Waals surface area contributed by atoms with Gasteiger partial charge in [-0.3, -0.25) is 0 Å². The summed E-state index contributed by atoms with van der Waals surface area (Å²) in [5.41, 5.74) is 8.07. The van der Waals surface area contributed by atoms with Gasteiger partial charge >= 0.3 is 0 Å². The number of nitrogens with zero attached hydrogens (tertiary/aromatic N) is 3. The number of guanidine groups is 1. The number of aliphatic imine (C=N–C) groups is 1. The highest BCUT2D eigenvalue weighted by Gasteiger charge is 2.00. The van der Waals surface area contributed by atoms with Gasteiger partial charge in [0.05, 0.1) is 0 Å². The zero-order valence-electron chi connectivity index (χ0n) is 10.8. The molecule has 98 valence electrons. The Hall–Kier alpha value is -2.63. The molecular weight excluding hydrogens is 242 g/mol. The minimum Gasteiger partial charge on any atom is -0.508 e. The van der Waals surface area contributed by atoms with Gasteiger partial charge in [0.2, 0.25) is 5.96 Å². The molecule has 0 amide bonds. The minimum atomic E-state index is 0.153. The maximum atomic E-state index is 9.34. The van der Waals surface area contributed by atoms with Gasteiger partial charge < -0.3 is 16.2 Å². The Balaban J connectivity index is 2.19. The zero-order valence-corrected chi connectivity index (χ0v) is 10.8. The fourth-order valence-corrected chi connectivity index (χ4v) is 1.62. The molecule has 0 aliphatic carbocycles. The van der Waals surface area contributed by atoms with E-state index in [0.717, 1.165) is 11.4 Å². The van der Waals surface area contributed by atoms with E-state index in [1.165, 1.54) is 0 Å². The molecule has 0 aliphatic heterocycles. The standard InChI is InChI=1S/C13H15N5O/c1-8-6-9(2)16-13(15-8)18-12(14)17-10-4-3-5-11(19)7-10/h3-7,19H,1-2H3,(H3,14,15,16,17,18). The molecule has 0 saturated heterocycles. The summed E-state index contributed by atoms with van der Waals surface area (Å²) < 4.78 is 0. The second-order valence-corrected chi connectivity index (χ2v) is 4.12. The number of aryl methyl sites for hydroxylation is 2. The molecule has 4 N–H and O–H groups in total. The van der Waals surface area contributed by atoms with Crippen LogP contribution in [-0.4, -0.2) is 21.0 Å². The van der Waals surface area contributed by atoms with Crippen LogP contribution in [0.25, 0.3) is 0 Å². The van der Waals surface area contributed by atoms with Gasteiger partial charge in [-0.2, -0.15) is 4.99 Å². The van der Waals surface area contributed by atoms with Crippen molar-refractivity contribution in [2.24, 2.45) is 10.7 Å². The Morgan fingerprint density at radius 1 is 1.21 bits per heavy atom. The summed E-state index contributed by atoms with van der Waals surface area (Å²) in [6.07, 6.45) is 0. The predicted octanol–water partition coefficient (Wildman–Crippen LogP) is 1.86. The summed E-state index contributed by atoms with van der Waals surface area (Å²) in [6.45, 7) is 3.74. The van der Waals surface area contributed by atoms with Gasteiger partial charge in [-0.15, -0.1) is 0 Å². The van der Waals surface area contributed by atoms with E-state index in [1.807, 2.05) is 19.9 Å². The first-order chi connectivity index (χ1) is 9.02. The lowest BCUT2D eigenvalue weighted by molar-refractivity contribution is 0.475. The highest BCUT2D eigenvalue weighted by molar-refractivity contribution is 5.93. The summed E-state index contributed by atoms with van der Waals surface area (Å²) in [5, 5.41) is 12.2. The summed E-state index contributed by atoms with van der Waals surface area (Å²) >= 11 is 0. The predicted molar refractivity (Wildman–Crippen MR) is 74.5 cm³/mol. The topological polar surface area (TPSA) is 96.4 Å². The number of nitrogens with two attached hydrogens (primary N) is 1. The van der Waals surface area contributed by atoms with Crippen LogP contribution in [0.5, 0.6) is 5.75 Å². The van der Waals surface area contributed by atoms with Crippen LogP contribution >= 0.6 is 0 Å². The normalized spacial score (nSPS) is 11.4. The van der Waals surface area contributed by atoms with Crippen molar-refractivity contribution in [3.63, 3.8) is 0 Å². The summed E-state index contributed by atoms with van der Waals surface area (Å²) in [6, 6.07) is 8.46. The van der Waals surface area contributed by atoms with Crippen molar-refractivity contribution < 1.29 is 5.11 Å². The molecule has 2 aromatic rings. The average Bonchev–Trinajstić information content (AvgIpc) is 2.26. The van der Waals surface area contributed by atoms with Crippen molar-refractivity contribution in [1.82, 2.24) is 9.97 Å². The van der Waals surface area contributed by atoms with Gasteiger partial charge in [0.15, 0.2) is 0 Å². The average molecular weight is 257 g/mol. The molecular formula is C13H15N5O. The Bertz CT molecular complexity index is 604. The largest absolute Gasteiger partial charge is 0.508 e. The minimum absolute atomic E-state index is 0.153. The Labute approximate surface area is 111 Å². The van der Waals surface area contributed by atoms with Crippen molar-refractivity contribution in [2.45, 2.75) is 13.8 Å². The van der Waals surface area contributed by atoms with Crippen molar-refractivity contribution in [3.8, 4) is 5.75 Å². The molecule has 0 fully saturated rings. The monoisotopic (exact) mass is 257 g/mol. The van der Waals surface area contributed by atoms with Crippen LogP contribution in [0.1, 0.15) is 11.4 Å². The van der Waals surface area contributed by atoms with Crippen LogP contribution in [0.4, 0.5) is 11.6 Å². The third-order valence-corrected chi connectivity index (χ3v) is 2.31. The molecule has 6 heteroatoms. The summed E-state index contributed by atoms with van der Waals surface area (Å²) in [7, 11) is 0. The van der Waals surface area contributed by atoms with Crippen LogP contribution in [0.3, 0.4) is 0 Å². The maximum absolute atomic E-state index is 9.34. The Kier molecular flexibility index (Phi) is 3.61. The molecule has 0 spiro atoms. The number of benzene rings is 1. The number of phenolic OH excluding ortho intramolecular Hbond substituents is 1. The van der Waals surface area contributed by atoms with E-state index in [0.29, 0.717) is 11.6 Å². The third kappa shape index (κ3) is 3.67. The number of rotatable bonds is 2. The summed E-state index contributed by atoms with van der Waals surface area (Å²) in [4.78, 5) is 12.4. The molecule has 6 nitrogen and oxygen atoms in total. The van der Waals surface area contributed by atoms with Crippen LogP contribution in [0, 0.1) is 13.8 Å². The van der Waals surface area contributed by atoms with Crippen LogP contribution in [0.15, 0.2) is 35.3 Å². The van der Waals surface area contributed by atoms with E-state index in [2.05, 4.69) is 20.3 Å². The van der Waals surface area contributed by atoms with Crippen molar-refractivity contribution in [1.29, 1.82) is 0 Å². The van der Waals surface area contributed by atoms with E-state index < -0.39 is 0 Å². The van der Waals surface area contributed by atoms with E-state index in [9.17, 15) is 5.11 Å². The number of aromatic hydroxyl groups is 1. The van der Waals surface area contributed by atoms with Gasteiger partial charge in [0, 0.05) is 23.1 Å². The number of anilines is 1. The quantitative estimate of drug-likeness (QED) is 0.563. The highest BCUT2D eigenvalue weighted by atomic mass is 16.3. The molecule has 1 aromatic carbocycles. The number of hydrogen-bond acceptors (Lipinski definition) is 4. The van der Waals surface area contributed by atoms with Gasteiger partial charge in [-0.1, -0.05) is 6.07 Å². The molecule has 0 bridgehead atoms. The number of hydrogen-bond donors (Lipinski definition) is 3. The van der Waals surface area contributed by atoms with E-state index in [-0.39, 0.29) is 11.7 Å². The Morgan fingerprint density at radius 2 is 1.89 bits per heavy atom. The van der Waals surface area contributed by atoms with E-state index in [1.54, 1.807) is 24.3 Å². The van der Waals surface area contributed by atoms with Crippen molar-refractivity contribution >= 4 is 17.6 Å². The molecule has 1 heterocycles. The smallest absolute Gasteiger partial charge is 0.253 e. The molecule has 19 heavy (non-hydrogen) atoms. The first-order valence-electron chi connectivity index (χ1n) is 5.75.